The van der Waals surface area contributed by atoms with Crippen molar-refractivity contribution in [2.45, 2.75) is 44.9 Å². The Kier molecular flexibility index (Phi) is 3.76. The molecule has 2 atom stereocenters. The Morgan fingerprint density at radius 1 is 1.42 bits per heavy atom. The van der Waals surface area contributed by atoms with Crippen molar-refractivity contribution >= 4 is 5.69 Å². The van der Waals surface area contributed by atoms with Gasteiger partial charge in [-0.15, -0.1) is 0 Å². The summed E-state index contributed by atoms with van der Waals surface area (Å²) in [6, 6.07) is 4.29. The number of rotatable bonds is 3. The van der Waals surface area contributed by atoms with Gasteiger partial charge >= 0.3 is 6.18 Å². The zero-order valence-electron chi connectivity index (χ0n) is 11.2. The molecule has 1 aromatic carbocycles. The van der Waals surface area contributed by atoms with Crippen molar-refractivity contribution in [3.8, 4) is 0 Å². The van der Waals surface area contributed by atoms with E-state index in [0.29, 0.717) is 6.42 Å². The minimum Gasteiger partial charge on any atom is -0.368 e. The van der Waals surface area contributed by atoms with Gasteiger partial charge in [-0.25, -0.2) is 0 Å². The van der Waals surface area contributed by atoms with Crippen LogP contribution in [0, 0.1) is 0 Å². The summed E-state index contributed by atoms with van der Waals surface area (Å²) in [4.78, 5) is 2.15. The van der Waals surface area contributed by atoms with Crippen LogP contribution >= 0.6 is 0 Å². The molecule has 1 heterocycles. The molecule has 2 unspecified atom stereocenters. The molecule has 1 aromatic rings. The van der Waals surface area contributed by atoms with Gasteiger partial charge in [-0.2, -0.15) is 13.2 Å². The summed E-state index contributed by atoms with van der Waals surface area (Å²) in [6.07, 6.45) is -2.83. The van der Waals surface area contributed by atoms with Crippen molar-refractivity contribution in [2.24, 2.45) is 5.73 Å². The van der Waals surface area contributed by atoms with Gasteiger partial charge in [0.1, 0.15) is 0 Å². The third kappa shape index (κ3) is 2.86. The first-order valence-electron chi connectivity index (χ1n) is 6.55. The van der Waals surface area contributed by atoms with Crippen molar-refractivity contribution in [3.63, 3.8) is 0 Å². The molecule has 0 spiro atoms. The first-order valence-corrected chi connectivity index (χ1v) is 6.55. The Morgan fingerprint density at radius 3 is 2.63 bits per heavy atom. The normalized spacial score (nSPS) is 20.5. The van der Waals surface area contributed by atoms with Crippen LogP contribution in [-0.4, -0.2) is 18.6 Å². The van der Waals surface area contributed by atoms with Crippen LogP contribution in [0.2, 0.25) is 0 Å². The average molecular weight is 272 g/mol. The number of fused-ring (bicyclic) bond motifs is 1. The van der Waals surface area contributed by atoms with Crippen LogP contribution in [0.3, 0.4) is 0 Å². The van der Waals surface area contributed by atoms with E-state index in [1.54, 1.807) is 6.07 Å². The molecule has 0 amide bonds. The SMILES string of the molecule is CCN1c2ccc(C(F)(F)F)cc2CC1CC(C)N. The molecule has 106 valence electrons. The van der Waals surface area contributed by atoms with Gasteiger partial charge in [0.2, 0.25) is 0 Å². The topological polar surface area (TPSA) is 29.3 Å². The fourth-order valence-corrected chi connectivity index (χ4v) is 2.83. The average Bonchev–Trinajstić information content (AvgIpc) is 2.62. The van der Waals surface area contributed by atoms with E-state index < -0.39 is 11.7 Å². The lowest BCUT2D eigenvalue weighted by molar-refractivity contribution is -0.137. The van der Waals surface area contributed by atoms with Gasteiger partial charge in [-0.05, 0) is 50.5 Å². The molecule has 0 saturated heterocycles. The molecule has 0 saturated carbocycles. The number of hydrogen-bond acceptors (Lipinski definition) is 2. The molecule has 0 radical (unpaired) electrons. The van der Waals surface area contributed by atoms with Crippen LogP contribution in [0.25, 0.3) is 0 Å². The Morgan fingerprint density at radius 2 is 2.11 bits per heavy atom. The van der Waals surface area contributed by atoms with E-state index in [-0.39, 0.29) is 12.1 Å². The number of nitrogens with two attached hydrogens (primary N) is 1. The van der Waals surface area contributed by atoms with Gasteiger partial charge in [-0.1, -0.05) is 0 Å². The second kappa shape index (κ2) is 5.04. The fraction of sp³-hybridized carbons (Fsp3) is 0.571. The molecule has 1 aliphatic heterocycles. The van der Waals surface area contributed by atoms with E-state index in [2.05, 4.69) is 4.90 Å². The van der Waals surface area contributed by atoms with Gasteiger partial charge < -0.3 is 10.6 Å². The summed E-state index contributed by atoms with van der Waals surface area (Å²) >= 11 is 0. The minimum absolute atomic E-state index is 0.0513. The van der Waals surface area contributed by atoms with Crippen LogP contribution in [0.5, 0.6) is 0 Å². The monoisotopic (exact) mass is 272 g/mol. The largest absolute Gasteiger partial charge is 0.416 e. The second-order valence-electron chi connectivity index (χ2n) is 5.20. The van der Waals surface area contributed by atoms with Crippen LogP contribution in [0.1, 0.15) is 31.4 Å². The van der Waals surface area contributed by atoms with E-state index in [0.717, 1.165) is 30.3 Å². The number of likely N-dealkylation sites (N-methyl/N-ethyl adjacent to an activating group) is 1. The van der Waals surface area contributed by atoms with Crippen LogP contribution in [0.4, 0.5) is 18.9 Å². The quantitative estimate of drug-likeness (QED) is 0.915. The maximum Gasteiger partial charge on any atom is 0.416 e. The number of halogens is 3. The first kappa shape index (κ1) is 14.2. The smallest absolute Gasteiger partial charge is 0.368 e. The maximum absolute atomic E-state index is 12.7. The van der Waals surface area contributed by atoms with E-state index in [9.17, 15) is 13.2 Å². The molecular formula is C14H19F3N2. The van der Waals surface area contributed by atoms with Crippen molar-refractivity contribution in [2.75, 3.05) is 11.4 Å². The number of nitrogens with zero attached hydrogens (tertiary/aromatic N) is 1. The third-order valence-electron chi connectivity index (χ3n) is 3.60. The third-order valence-corrected chi connectivity index (χ3v) is 3.60. The van der Waals surface area contributed by atoms with Crippen molar-refractivity contribution in [3.05, 3.63) is 29.3 Å². The van der Waals surface area contributed by atoms with E-state index >= 15 is 0 Å². The minimum atomic E-state index is -4.27. The van der Waals surface area contributed by atoms with Gasteiger partial charge in [0.25, 0.3) is 0 Å². The number of benzene rings is 1. The molecule has 0 fully saturated rings. The van der Waals surface area contributed by atoms with Crippen LogP contribution in [0.15, 0.2) is 18.2 Å². The standard InChI is InChI=1S/C14H19F3N2/c1-3-19-12(6-9(2)18)8-10-7-11(14(15,16)17)4-5-13(10)19/h4-5,7,9,12H,3,6,8,18H2,1-2H3. The van der Waals surface area contributed by atoms with E-state index in [1.807, 2.05) is 13.8 Å². The molecule has 2 rings (SSSR count). The first-order chi connectivity index (χ1) is 8.82. The van der Waals surface area contributed by atoms with Gasteiger partial charge in [0, 0.05) is 24.3 Å². The zero-order chi connectivity index (χ0) is 14.2. The number of anilines is 1. The fourth-order valence-electron chi connectivity index (χ4n) is 2.83. The summed E-state index contributed by atoms with van der Waals surface area (Å²) in [7, 11) is 0. The predicted molar refractivity (Wildman–Crippen MR) is 70.2 cm³/mol. The Labute approximate surface area is 111 Å². The maximum atomic E-state index is 12.7. The Balaban J connectivity index is 2.30. The molecule has 0 aromatic heterocycles. The lowest BCUT2D eigenvalue weighted by Crippen LogP contribution is -2.36. The van der Waals surface area contributed by atoms with Gasteiger partial charge in [0.15, 0.2) is 0 Å². The molecule has 0 aliphatic carbocycles. The molecule has 5 heteroatoms. The molecular weight excluding hydrogens is 253 g/mol. The summed E-state index contributed by atoms with van der Waals surface area (Å²) in [6.45, 7) is 4.73. The van der Waals surface area contributed by atoms with Gasteiger partial charge in [0.05, 0.1) is 5.56 Å². The molecule has 19 heavy (non-hydrogen) atoms. The molecule has 2 nitrogen and oxygen atoms in total. The Hall–Kier alpha value is -1.23. The summed E-state index contributed by atoms with van der Waals surface area (Å²) in [5.74, 6) is 0. The number of hydrogen-bond donors (Lipinski definition) is 1. The lowest BCUT2D eigenvalue weighted by atomic mass is 10.0. The van der Waals surface area contributed by atoms with E-state index in [1.165, 1.54) is 6.07 Å². The van der Waals surface area contributed by atoms with Crippen molar-refractivity contribution in [1.82, 2.24) is 0 Å². The highest BCUT2D eigenvalue weighted by Gasteiger charge is 2.34. The van der Waals surface area contributed by atoms with Crippen LogP contribution < -0.4 is 10.6 Å². The molecule has 1 aliphatic rings. The van der Waals surface area contributed by atoms with Crippen molar-refractivity contribution in [1.29, 1.82) is 0 Å². The highest BCUT2D eigenvalue weighted by atomic mass is 19.4. The second-order valence-corrected chi connectivity index (χ2v) is 5.20. The zero-order valence-corrected chi connectivity index (χ0v) is 11.2. The van der Waals surface area contributed by atoms with Gasteiger partial charge in [-0.3, -0.25) is 0 Å². The summed E-state index contributed by atoms with van der Waals surface area (Å²) < 4.78 is 38.1. The summed E-state index contributed by atoms with van der Waals surface area (Å²) in [5.41, 5.74) is 6.95. The molecule has 0 bridgehead atoms. The van der Waals surface area contributed by atoms with E-state index in [4.69, 9.17) is 5.73 Å². The number of alkyl halides is 3. The van der Waals surface area contributed by atoms with Crippen LogP contribution in [-0.2, 0) is 12.6 Å². The van der Waals surface area contributed by atoms with Crippen molar-refractivity contribution < 1.29 is 13.2 Å². The predicted octanol–water partition coefficient (Wildman–Crippen LogP) is 3.19. The molecule has 2 N–H and O–H groups in total. The lowest BCUT2D eigenvalue weighted by Gasteiger charge is -2.27. The Bertz CT molecular complexity index is 454. The highest BCUT2D eigenvalue weighted by Crippen LogP contribution is 2.38. The highest BCUT2D eigenvalue weighted by molar-refractivity contribution is 5.60. The summed E-state index contributed by atoms with van der Waals surface area (Å²) in [5, 5.41) is 0.